The summed E-state index contributed by atoms with van der Waals surface area (Å²) in [6.07, 6.45) is 0. The van der Waals surface area contributed by atoms with E-state index in [1.165, 1.54) is 6.92 Å². The Kier molecular flexibility index (Phi) is 6.86. The van der Waals surface area contributed by atoms with Crippen LogP contribution in [0.5, 0.6) is 0 Å². The minimum Gasteiger partial charge on any atom is -0.326 e. The van der Waals surface area contributed by atoms with Crippen LogP contribution in [0.3, 0.4) is 0 Å². The largest absolute Gasteiger partial charge is 0.326 e. The van der Waals surface area contributed by atoms with Crippen molar-refractivity contribution in [3.63, 3.8) is 0 Å². The highest BCUT2D eigenvalue weighted by Crippen LogP contribution is 2.26. The van der Waals surface area contributed by atoms with Gasteiger partial charge in [0.25, 0.3) is 5.56 Å². The highest BCUT2D eigenvalue weighted by Gasteiger charge is 2.19. The summed E-state index contributed by atoms with van der Waals surface area (Å²) in [5.41, 5.74) is 0.988. The summed E-state index contributed by atoms with van der Waals surface area (Å²) in [7, 11) is 0. The Morgan fingerprint density at radius 3 is 2.37 bits per heavy atom. The maximum atomic E-state index is 12.6. The van der Waals surface area contributed by atoms with Crippen molar-refractivity contribution in [1.29, 1.82) is 0 Å². The first-order valence-electron chi connectivity index (χ1n) is 8.91. The number of thioether (sulfide) groups is 1. The van der Waals surface area contributed by atoms with Gasteiger partial charge in [-0.25, -0.2) is 0 Å². The van der Waals surface area contributed by atoms with Crippen LogP contribution >= 0.6 is 23.4 Å². The van der Waals surface area contributed by atoms with Crippen molar-refractivity contribution in [2.24, 2.45) is 0 Å². The summed E-state index contributed by atoms with van der Waals surface area (Å²) in [6.45, 7) is 3.05. The quantitative estimate of drug-likeness (QED) is 0.501. The van der Waals surface area contributed by atoms with Gasteiger partial charge in [0.2, 0.25) is 11.8 Å². The molecule has 2 amide bonds. The Labute approximate surface area is 181 Å². The van der Waals surface area contributed by atoms with Crippen LogP contribution in [0.4, 0.5) is 11.4 Å². The van der Waals surface area contributed by atoms with Crippen LogP contribution in [0, 0.1) is 0 Å². The fourth-order valence-electron chi connectivity index (χ4n) is 2.56. The number of halogens is 1. The number of rotatable bonds is 6. The van der Waals surface area contributed by atoms with E-state index in [1.54, 1.807) is 55.5 Å². The van der Waals surface area contributed by atoms with Crippen LogP contribution in [-0.2, 0) is 9.59 Å². The lowest BCUT2D eigenvalue weighted by atomic mass is 10.1. The number of hydrogen-bond donors (Lipinski definition) is 3. The van der Waals surface area contributed by atoms with Crippen molar-refractivity contribution in [1.82, 2.24) is 15.2 Å². The van der Waals surface area contributed by atoms with E-state index in [2.05, 4.69) is 25.8 Å². The molecule has 3 aromatic rings. The molecular formula is C20H18ClN5O3S. The lowest BCUT2D eigenvalue weighted by molar-refractivity contribution is -0.115. The monoisotopic (exact) mass is 443 g/mol. The molecule has 1 heterocycles. The van der Waals surface area contributed by atoms with Gasteiger partial charge >= 0.3 is 0 Å². The summed E-state index contributed by atoms with van der Waals surface area (Å²) in [4.78, 5) is 39.0. The number of nitrogens with zero attached hydrogens (tertiary/aromatic N) is 2. The molecule has 154 valence electrons. The van der Waals surface area contributed by atoms with Gasteiger partial charge in [-0.05, 0) is 25.1 Å². The van der Waals surface area contributed by atoms with Gasteiger partial charge < -0.3 is 10.6 Å². The van der Waals surface area contributed by atoms with Crippen molar-refractivity contribution in [2.45, 2.75) is 24.3 Å². The lowest BCUT2D eigenvalue weighted by Crippen LogP contribution is -2.24. The average molecular weight is 444 g/mol. The minimum atomic E-state index is -0.566. The molecule has 10 heteroatoms. The zero-order valence-electron chi connectivity index (χ0n) is 16.1. The normalized spacial score (nSPS) is 11.6. The Morgan fingerprint density at radius 2 is 1.70 bits per heavy atom. The first-order chi connectivity index (χ1) is 14.3. The molecule has 0 spiro atoms. The van der Waals surface area contributed by atoms with Gasteiger partial charge in [0.15, 0.2) is 10.9 Å². The third-order valence-electron chi connectivity index (χ3n) is 3.96. The van der Waals surface area contributed by atoms with Crippen molar-refractivity contribution >= 4 is 46.6 Å². The molecule has 0 aliphatic carbocycles. The molecule has 30 heavy (non-hydrogen) atoms. The standard InChI is InChI=1S/C20H18ClN5O3S/c1-11(18(28)23-16-10-6-4-8-14(16)21)30-20-24-19(29)17(25-26-20)13-7-3-5-9-15(13)22-12(2)27/h3-11H,1-2H3,(H,22,27)(H,23,28)(H,24,26,29). The smallest absolute Gasteiger partial charge is 0.278 e. The maximum absolute atomic E-state index is 12.6. The zero-order chi connectivity index (χ0) is 21.7. The number of nitrogens with one attached hydrogen (secondary N) is 3. The molecule has 1 unspecified atom stereocenters. The second-order valence-electron chi connectivity index (χ2n) is 6.26. The second-order valence-corrected chi connectivity index (χ2v) is 8.00. The van der Waals surface area contributed by atoms with Gasteiger partial charge in [-0.2, -0.15) is 0 Å². The van der Waals surface area contributed by atoms with Crippen LogP contribution in [0.1, 0.15) is 13.8 Å². The molecule has 3 N–H and O–H groups in total. The van der Waals surface area contributed by atoms with Crippen molar-refractivity contribution in [2.75, 3.05) is 10.6 Å². The SMILES string of the molecule is CC(=O)Nc1ccccc1-c1nnc(SC(C)C(=O)Nc2ccccc2Cl)[nH]c1=O. The Balaban J connectivity index is 1.76. The topological polar surface area (TPSA) is 117 Å². The molecule has 0 radical (unpaired) electrons. The van der Waals surface area contributed by atoms with E-state index >= 15 is 0 Å². The van der Waals surface area contributed by atoms with Crippen LogP contribution in [-0.4, -0.2) is 32.2 Å². The summed E-state index contributed by atoms with van der Waals surface area (Å²) >= 11 is 7.11. The third-order valence-corrected chi connectivity index (χ3v) is 5.26. The average Bonchev–Trinajstić information content (AvgIpc) is 2.70. The second kappa shape index (κ2) is 9.55. The van der Waals surface area contributed by atoms with E-state index in [4.69, 9.17) is 11.6 Å². The summed E-state index contributed by atoms with van der Waals surface area (Å²) in [5.74, 6) is -0.562. The van der Waals surface area contributed by atoms with Crippen LogP contribution < -0.4 is 16.2 Å². The molecule has 1 atom stereocenters. The van der Waals surface area contributed by atoms with E-state index in [0.717, 1.165) is 11.8 Å². The Bertz CT molecular complexity index is 1150. The number of benzene rings is 2. The van der Waals surface area contributed by atoms with Crippen LogP contribution in [0.25, 0.3) is 11.3 Å². The number of H-pyrrole nitrogens is 1. The molecule has 0 saturated carbocycles. The number of amides is 2. The number of aromatic nitrogens is 3. The zero-order valence-corrected chi connectivity index (χ0v) is 17.7. The molecular weight excluding hydrogens is 426 g/mol. The fraction of sp³-hybridized carbons (Fsp3) is 0.150. The number of aromatic amines is 1. The predicted molar refractivity (Wildman–Crippen MR) is 118 cm³/mol. The number of hydrogen-bond acceptors (Lipinski definition) is 6. The van der Waals surface area contributed by atoms with E-state index in [1.807, 2.05) is 0 Å². The molecule has 0 aliphatic rings. The lowest BCUT2D eigenvalue weighted by Gasteiger charge is -2.12. The van der Waals surface area contributed by atoms with Gasteiger partial charge in [-0.1, -0.05) is 53.7 Å². The molecule has 0 fully saturated rings. The van der Waals surface area contributed by atoms with Gasteiger partial charge in [0.1, 0.15) is 0 Å². The first kappa shape index (κ1) is 21.5. The maximum Gasteiger partial charge on any atom is 0.278 e. The van der Waals surface area contributed by atoms with Crippen molar-refractivity contribution < 1.29 is 9.59 Å². The third kappa shape index (κ3) is 5.25. The van der Waals surface area contributed by atoms with Crippen molar-refractivity contribution in [3.8, 4) is 11.3 Å². The summed E-state index contributed by atoms with van der Waals surface area (Å²) in [6, 6.07) is 13.7. The predicted octanol–water partition coefficient (Wildman–Crippen LogP) is 3.56. The van der Waals surface area contributed by atoms with E-state index < -0.39 is 10.8 Å². The Hall–Kier alpha value is -3.17. The number of anilines is 2. The van der Waals surface area contributed by atoms with Crippen LogP contribution in [0.15, 0.2) is 58.5 Å². The number of carbonyl (C=O) groups excluding carboxylic acids is 2. The number of para-hydroxylation sites is 2. The summed E-state index contributed by atoms with van der Waals surface area (Å²) in [5, 5.41) is 13.5. The molecule has 0 aliphatic heterocycles. The van der Waals surface area contributed by atoms with E-state index in [-0.39, 0.29) is 22.7 Å². The van der Waals surface area contributed by atoms with Crippen LogP contribution in [0.2, 0.25) is 5.02 Å². The molecule has 1 aromatic heterocycles. The minimum absolute atomic E-state index is 0.0665. The van der Waals surface area contributed by atoms with Gasteiger partial charge in [0, 0.05) is 12.5 Å². The molecule has 0 bridgehead atoms. The molecule has 8 nitrogen and oxygen atoms in total. The van der Waals surface area contributed by atoms with Gasteiger partial charge in [0.05, 0.1) is 21.6 Å². The van der Waals surface area contributed by atoms with Gasteiger partial charge in [-0.3, -0.25) is 19.4 Å². The highest BCUT2D eigenvalue weighted by molar-refractivity contribution is 8.00. The highest BCUT2D eigenvalue weighted by atomic mass is 35.5. The fourth-order valence-corrected chi connectivity index (χ4v) is 3.48. The van der Waals surface area contributed by atoms with Gasteiger partial charge in [-0.15, -0.1) is 10.2 Å². The first-order valence-corrected chi connectivity index (χ1v) is 10.2. The summed E-state index contributed by atoms with van der Waals surface area (Å²) < 4.78 is 0. The molecule has 0 saturated heterocycles. The Morgan fingerprint density at radius 1 is 1.03 bits per heavy atom. The molecule has 2 aromatic carbocycles. The van der Waals surface area contributed by atoms with Crippen molar-refractivity contribution in [3.05, 3.63) is 63.9 Å². The molecule has 3 rings (SSSR count). The number of carbonyl (C=O) groups is 2. The van der Waals surface area contributed by atoms with E-state index in [0.29, 0.717) is 22.0 Å². The van der Waals surface area contributed by atoms with E-state index in [9.17, 15) is 14.4 Å².